The third kappa shape index (κ3) is 3.33. The summed E-state index contributed by atoms with van der Waals surface area (Å²) in [5, 5.41) is 21.4. The summed E-state index contributed by atoms with van der Waals surface area (Å²) in [7, 11) is 1.60. The van der Waals surface area contributed by atoms with Gasteiger partial charge in [0.05, 0.1) is 13.7 Å². The summed E-state index contributed by atoms with van der Waals surface area (Å²) in [6.07, 6.45) is 1.87. The topological polar surface area (TPSA) is 115 Å². The quantitative estimate of drug-likeness (QED) is 0.651. The predicted octanol–water partition coefficient (Wildman–Crippen LogP) is 0.964. The number of aromatic nitrogens is 3. The number of benzene rings is 1. The van der Waals surface area contributed by atoms with Gasteiger partial charge in [0.2, 0.25) is 0 Å². The summed E-state index contributed by atoms with van der Waals surface area (Å²) in [5.41, 5.74) is 5.21. The monoisotopic (exact) mass is 331 g/mol. The molecular formula is C16H21N5O3. The second-order valence-electron chi connectivity index (χ2n) is 6.20. The minimum Gasteiger partial charge on any atom is -0.497 e. The number of ether oxygens (including phenoxy) is 1. The molecule has 0 aliphatic heterocycles. The Morgan fingerprint density at radius 3 is 2.67 bits per heavy atom. The zero-order valence-electron chi connectivity index (χ0n) is 13.7. The Morgan fingerprint density at radius 2 is 2.12 bits per heavy atom. The molecule has 8 heteroatoms. The fourth-order valence-corrected chi connectivity index (χ4v) is 2.60. The normalized spacial score (nSPS) is 16.5. The molecule has 1 aromatic heterocycles. The third-order valence-electron chi connectivity index (χ3n) is 4.20. The highest BCUT2D eigenvalue weighted by atomic mass is 16.5. The van der Waals surface area contributed by atoms with Crippen molar-refractivity contribution in [2.45, 2.75) is 32.0 Å². The summed E-state index contributed by atoms with van der Waals surface area (Å²) in [6.45, 7) is 2.06. The van der Waals surface area contributed by atoms with Gasteiger partial charge < -0.3 is 20.9 Å². The number of nitrogens with one attached hydrogen (secondary N) is 1. The third-order valence-corrected chi connectivity index (χ3v) is 4.20. The highest BCUT2D eigenvalue weighted by molar-refractivity contribution is 5.95. The molecule has 4 N–H and O–H groups in total. The molecule has 0 saturated heterocycles. The number of anilines is 1. The van der Waals surface area contributed by atoms with Crippen LogP contribution in [0.15, 0.2) is 24.3 Å². The van der Waals surface area contributed by atoms with E-state index in [2.05, 4.69) is 15.6 Å². The number of primary amides is 1. The van der Waals surface area contributed by atoms with Crippen molar-refractivity contribution in [3.63, 3.8) is 0 Å². The Morgan fingerprint density at radius 1 is 1.46 bits per heavy atom. The van der Waals surface area contributed by atoms with Crippen molar-refractivity contribution < 1.29 is 14.6 Å². The fraction of sp³-hybridized carbons (Fsp3) is 0.438. The summed E-state index contributed by atoms with van der Waals surface area (Å²) in [4.78, 5) is 11.6. The summed E-state index contributed by atoms with van der Waals surface area (Å²) >= 11 is 0. The molecule has 1 aliphatic carbocycles. The molecule has 1 fully saturated rings. The molecule has 128 valence electrons. The van der Waals surface area contributed by atoms with Crippen LogP contribution in [0.2, 0.25) is 0 Å². The Labute approximate surface area is 139 Å². The smallest absolute Gasteiger partial charge is 0.273 e. The van der Waals surface area contributed by atoms with E-state index in [-0.39, 0.29) is 11.6 Å². The van der Waals surface area contributed by atoms with Crippen molar-refractivity contribution in [3.8, 4) is 5.75 Å². The van der Waals surface area contributed by atoms with E-state index in [0.29, 0.717) is 12.4 Å². The van der Waals surface area contributed by atoms with Crippen LogP contribution < -0.4 is 15.8 Å². The maximum absolute atomic E-state index is 11.6. The first kappa shape index (κ1) is 16.3. The van der Waals surface area contributed by atoms with E-state index in [4.69, 9.17) is 10.5 Å². The molecular weight excluding hydrogens is 310 g/mol. The number of nitrogens with zero attached hydrogens (tertiary/aromatic N) is 3. The van der Waals surface area contributed by atoms with Crippen LogP contribution in [0, 0.1) is 5.92 Å². The first-order chi connectivity index (χ1) is 11.4. The van der Waals surface area contributed by atoms with Crippen molar-refractivity contribution in [2.24, 2.45) is 11.7 Å². The molecule has 1 aliphatic rings. The maximum Gasteiger partial charge on any atom is 0.273 e. The summed E-state index contributed by atoms with van der Waals surface area (Å²) < 4.78 is 6.66. The van der Waals surface area contributed by atoms with Crippen LogP contribution >= 0.6 is 0 Å². The second-order valence-corrected chi connectivity index (χ2v) is 6.20. The van der Waals surface area contributed by atoms with Crippen LogP contribution in [0.3, 0.4) is 0 Å². The largest absolute Gasteiger partial charge is 0.497 e. The van der Waals surface area contributed by atoms with Crippen LogP contribution in [0.5, 0.6) is 5.75 Å². The van der Waals surface area contributed by atoms with Crippen molar-refractivity contribution in [2.75, 3.05) is 12.4 Å². The lowest BCUT2D eigenvalue weighted by atomic mass is 10.1. The van der Waals surface area contributed by atoms with Crippen LogP contribution in [-0.2, 0) is 6.54 Å². The lowest BCUT2D eigenvalue weighted by molar-refractivity contribution is 0.0655. The van der Waals surface area contributed by atoms with E-state index in [0.717, 1.165) is 24.2 Å². The molecule has 0 bridgehead atoms. The number of hydrogen-bond donors (Lipinski definition) is 3. The van der Waals surface area contributed by atoms with Crippen LogP contribution in [0.4, 0.5) is 5.82 Å². The summed E-state index contributed by atoms with van der Waals surface area (Å²) in [5.74, 6) is 0.535. The van der Waals surface area contributed by atoms with Crippen LogP contribution in [-0.4, -0.2) is 38.8 Å². The van der Waals surface area contributed by atoms with Gasteiger partial charge in [-0.25, -0.2) is 4.68 Å². The molecule has 1 aromatic carbocycles. The van der Waals surface area contributed by atoms with Gasteiger partial charge in [-0.15, -0.1) is 5.10 Å². The molecule has 1 heterocycles. The first-order valence-electron chi connectivity index (χ1n) is 7.77. The first-order valence-corrected chi connectivity index (χ1v) is 7.77. The second kappa shape index (κ2) is 6.12. The number of carbonyl (C=O) groups excluding carboxylic acids is 1. The Hall–Kier alpha value is -2.61. The molecule has 1 amide bonds. The van der Waals surface area contributed by atoms with E-state index in [1.165, 1.54) is 4.68 Å². The zero-order valence-corrected chi connectivity index (χ0v) is 13.7. The lowest BCUT2D eigenvalue weighted by Crippen LogP contribution is -2.38. The van der Waals surface area contributed by atoms with Crippen molar-refractivity contribution in [1.82, 2.24) is 15.0 Å². The van der Waals surface area contributed by atoms with E-state index >= 15 is 0 Å². The molecule has 1 atom stereocenters. The molecule has 2 aromatic rings. The molecule has 8 nitrogen and oxygen atoms in total. The van der Waals surface area contributed by atoms with Gasteiger partial charge >= 0.3 is 0 Å². The zero-order chi connectivity index (χ0) is 17.3. The van der Waals surface area contributed by atoms with Crippen molar-refractivity contribution >= 4 is 11.7 Å². The molecule has 1 saturated carbocycles. The van der Waals surface area contributed by atoms with Crippen molar-refractivity contribution in [1.29, 1.82) is 0 Å². The van der Waals surface area contributed by atoms with E-state index < -0.39 is 11.6 Å². The van der Waals surface area contributed by atoms with Gasteiger partial charge in [0.25, 0.3) is 5.91 Å². The van der Waals surface area contributed by atoms with Gasteiger partial charge in [0.15, 0.2) is 11.5 Å². The van der Waals surface area contributed by atoms with Crippen LogP contribution in [0.25, 0.3) is 0 Å². The number of aliphatic hydroxyl groups is 1. The molecule has 0 radical (unpaired) electrons. The van der Waals surface area contributed by atoms with Gasteiger partial charge in [-0.3, -0.25) is 4.79 Å². The lowest BCUT2D eigenvalue weighted by Gasteiger charge is -2.26. The number of nitrogens with two attached hydrogens (primary N) is 1. The van der Waals surface area contributed by atoms with Crippen LogP contribution in [0.1, 0.15) is 35.8 Å². The van der Waals surface area contributed by atoms with Gasteiger partial charge in [0, 0.05) is 5.92 Å². The number of hydrogen-bond acceptors (Lipinski definition) is 6. The maximum atomic E-state index is 11.6. The van der Waals surface area contributed by atoms with Crippen molar-refractivity contribution in [3.05, 3.63) is 35.5 Å². The molecule has 24 heavy (non-hydrogen) atoms. The van der Waals surface area contributed by atoms with E-state index in [1.807, 2.05) is 24.3 Å². The highest BCUT2D eigenvalue weighted by Gasteiger charge is 2.41. The van der Waals surface area contributed by atoms with E-state index in [1.54, 1.807) is 14.0 Å². The summed E-state index contributed by atoms with van der Waals surface area (Å²) in [6, 6.07) is 7.48. The molecule has 3 rings (SSSR count). The number of rotatable bonds is 7. The number of methoxy groups -OCH3 is 1. The number of amides is 1. The van der Waals surface area contributed by atoms with Gasteiger partial charge in [-0.05, 0) is 37.5 Å². The Balaban J connectivity index is 1.87. The standard InChI is InChI=1S/C16H21N5O3/c1-16(23,11-5-6-11)18-15-13(14(17)22)19-20-21(15)9-10-3-7-12(24-2)8-4-10/h3-4,7-8,11,18,23H,5-6,9H2,1-2H3,(H2,17,22). The molecule has 1 unspecified atom stereocenters. The number of carbonyl (C=O) groups is 1. The van der Waals surface area contributed by atoms with Gasteiger partial charge in [0.1, 0.15) is 11.5 Å². The average molecular weight is 331 g/mol. The Bertz CT molecular complexity index is 735. The fourth-order valence-electron chi connectivity index (χ4n) is 2.60. The minimum atomic E-state index is -1.14. The van der Waals surface area contributed by atoms with Gasteiger partial charge in [-0.1, -0.05) is 17.3 Å². The molecule has 0 spiro atoms. The minimum absolute atomic E-state index is 0.0180. The highest BCUT2D eigenvalue weighted by Crippen LogP contribution is 2.40. The predicted molar refractivity (Wildman–Crippen MR) is 87.6 cm³/mol. The Kier molecular flexibility index (Phi) is 4.15. The average Bonchev–Trinajstić information content (AvgIpc) is 3.33. The SMILES string of the molecule is COc1ccc(Cn2nnc(C(N)=O)c2NC(C)(O)C2CC2)cc1. The van der Waals surface area contributed by atoms with E-state index in [9.17, 15) is 9.90 Å². The van der Waals surface area contributed by atoms with Gasteiger partial charge in [-0.2, -0.15) is 0 Å².